The third kappa shape index (κ3) is 2.83. The zero-order valence-electron chi connectivity index (χ0n) is 11.2. The normalized spacial score (nSPS) is 12.4. The van der Waals surface area contributed by atoms with Gasteiger partial charge in [0.1, 0.15) is 0 Å². The third-order valence-corrected chi connectivity index (χ3v) is 3.52. The number of fused-ring (bicyclic) bond motifs is 1. The van der Waals surface area contributed by atoms with Crippen molar-refractivity contribution in [1.82, 2.24) is 9.97 Å². The van der Waals surface area contributed by atoms with Gasteiger partial charge in [-0.2, -0.15) is 0 Å². The maximum Gasteiger partial charge on any atom is 0.0702 e. The predicted octanol–water partition coefficient (Wildman–Crippen LogP) is 3.26. The molecule has 0 aliphatic heterocycles. The van der Waals surface area contributed by atoms with E-state index in [0.717, 1.165) is 29.3 Å². The highest BCUT2D eigenvalue weighted by atomic mass is 14.7. The lowest BCUT2D eigenvalue weighted by Gasteiger charge is -2.12. The van der Waals surface area contributed by atoms with Crippen LogP contribution >= 0.6 is 0 Å². The molecule has 3 heteroatoms. The molecule has 2 heterocycles. The van der Waals surface area contributed by atoms with E-state index in [0.29, 0.717) is 0 Å². The van der Waals surface area contributed by atoms with Crippen LogP contribution in [0.4, 0.5) is 0 Å². The Balaban J connectivity index is 1.73. The van der Waals surface area contributed by atoms with Crippen LogP contribution < -0.4 is 5.73 Å². The molecule has 0 amide bonds. The summed E-state index contributed by atoms with van der Waals surface area (Å²) in [7, 11) is 0. The Kier molecular flexibility index (Phi) is 3.70. The van der Waals surface area contributed by atoms with Gasteiger partial charge in [0.25, 0.3) is 0 Å². The lowest BCUT2D eigenvalue weighted by Crippen LogP contribution is -2.11. The minimum Gasteiger partial charge on any atom is -0.324 e. The number of nitrogens with two attached hydrogens (primary N) is 1. The molecular weight excluding hydrogens is 246 g/mol. The molecule has 2 N–H and O–H groups in total. The SMILES string of the molecule is NC(CCc1cccnc1)c1ccc2ncccc2c1. The molecule has 0 radical (unpaired) electrons. The molecule has 3 rings (SSSR count). The molecule has 0 saturated heterocycles. The Morgan fingerprint density at radius 1 is 1.05 bits per heavy atom. The van der Waals surface area contributed by atoms with Crippen molar-refractivity contribution in [3.05, 3.63) is 72.2 Å². The average molecular weight is 263 g/mol. The zero-order valence-corrected chi connectivity index (χ0v) is 11.2. The standard InChI is InChI=1S/C17H17N3/c18-16(7-5-13-3-1-9-19-12-13)14-6-8-17-15(11-14)4-2-10-20-17/h1-4,6,8-12,16H,5,7,18H2. The Morgan fingerprint density at radius 2 is 1.95 bits per heavy atom. The molecule has 3 nitrogen and oxygen atoms in total. The summed E-state index contributed by atoms with van der Waals surface area (Å²) in [6.45, 7) is 0. The first-order chi connectivity index (χ1) is 9.83. The number of benzene rings is 1. The lowest BCUT2D eigenvalue weighted by atomic mass is 9.99. The molecule has 0 saturated carbocycles. The monoisotopic (exact) mass is 263 g/mol. The molecule has 1 atom stereocenters. The summed E-state index contributed by atoms with van der Waals surface area (Å²) >= 11 is 0. The average Bonchev–Trinajstić information content (AvgIpc) is 2.53. The van der Waals surface area contributed by atoms with Gasteiger partial charge in [-0.1, -0.05) is 18.2 Å². The van der Waals surface area contributed by atoms with Gasteiger partial charge in [0.05, 0.1) is 5.52 Å². The van der Waals surface area contributed by atoms with Crippen LogP contribution in [0, 0.1) is 0 Å². The molecule has 1 aromatic carbocycles. The topological polar surface area (TPSA) is 51.8 Å². The van der Waals surface area contributed by atoms with Crippen LogP contribution in [0.3, 0.4) is 0 Å². The van der Waals surface area contributed by atoms with Crippen LogP contribution in [-0.2, 0) is 6.42 Å². The fourth-order valence-corrected chi connectivity index (χ4v) is 2.36. The number of aryl methyl sites for hydroxylation is 1. The fraction of sp³-hybridized carbons (Fsp3) is 0.176. The maximum absolute atomic E-state index is 6.29. The number of pyridine rings is 2. The van der Waals surface area contributed by atoms with E-state index in [4.69, 9.17) is 5.73 Å². The summed E-state index contributed by atoms with van der Waals surface area (Å²) in [5.41, 5.74) is 9.69. The highest BCUT2D eigenvalue weighted by Gasteiger charge is 2.07. The van der Waals surface area contributed by atoms with Crippen molar-refractivity contribution in [2.45, 2.75) is 18.9 Å². The zero-order chi connectivity index (χ0) is 13.8. The van der Waals surface area contributed by atoms with Crippen LogP contribution in [0.2, 0.25) is 0 Å². The van der Waals surface area contributed by atoms with Gasteiger partial charge in [0.15, 0.2) is 0 Å². The molecule has 0 spiro atoms. The first-order valence-corrected chi connectivity index (χ1v) is 6.82. The molecule has 20 heavy (non-hydrogen) atoms. The van der Waals surface area contributed by atoms with E-state index in [-0.39, 0.29) is 6.04 Å². The summed E-state index contributed by atoms with van der Waals surface area (Å²) in [4.78, 5) is 8.45. The quantitative estimate of drug-likeness (QED) is 0.786. The lowest BCUT2D eigenvalue weighted by molar-refractivity contribution is 0.651. The molecule has 3 aromatic rings. The minimum atomic E-state index is 0.0415. The van der Waals surface area contributed by atoms with Crippen molar-refractivity contribution in [3.8, 4) is 0 Å². The Bertz CT molecular complexity index is 695. The molecule has 0 bridgehead atoms. The smallest absolute Gasteiger partial charge is 0.0702 e. The molecule has 0 aliphatic carbocycles. The highest BCUT2D eigenvalue weighted by molar-refractivity contribution is 5.79. The Morgan fingerprint density at radius 3 is 2.80 bits per heavy atom. The molecule has 1 unspecified atom stereocenters. The number of hydrogen-bond acceptors (Lipinski definition) is 3. The second-order valence-corrected chi connectivity index (χ2v) is 4.96. The van der Waals surface area contributed by atoms with Gasteiger partial charge in [0, 0.05) is 30.0 Å². The van der Waals surface area contributed by atoms with E-state index in [1.54, 1.807) is 6.20 Å². The van der Waals surface area contributed by atoms with Crippen molar-refractivity contribution in [1.29, 1.82) is 0 Å². The predicted molar refractivity (Wildman–Crippen MR) is 81.2 cm³/mol. The summed E-state index contributed by atoms with van der Waals surface area (Å²) < 4.78 is 0. The maximum atomic E-state index is 6.29. The Labute approximate surface area is 118 Å². The Hall–Kier alpha value is -2.26. The first kappa shape index (κ1) is 12.8. The number of hydrogen-bond donors (Lipinski definition) is 1. The van der Waals surface area contributed by atoms with Gasteiger partial charge in [-0.25, -0.2) is 0 Å². The molecule has 0 fully saturated rings. The first-order valence-electron chi connectivity index (χ1n) is 6.82. The minimum absolute atomic E-state index is 0.0415. The van der Waals surface area contributed by atoms with Crippen molar-refractivity contribution in [3.63, 3.8) is 0 Å². The van der Waals surface area contributed by atoms with Crippen molar-refractivity contribution in [2.75, 3.05) is 0 Å². The van der Waals surface area contributed by atoms with E-state index in [9.17, 15) is 0 Å². The number of rotatable bonds is 4. The van der Waals surface area contributed by atoms with Crippen molar-refractivity contribution >= 4 is 10.9 Å². The summed E-state index contributed by atoms with van der Waals surface area (Å²) in [5.74, 6) is 0. The van der Waals surface area contributed by atoms with Crippen molar-refractivity contribution in [2.24, 2.45) is 5.73 Å². The van der Waals surface area contributed by atoms with E-state index < -0.39 is 0 Å². The van der Waals surface area contributed by atoms with Crippen molar-refractivity contribution < 1.29 is 0 Å². The van der Waals surface area contributed by atoms with Gasteiger partial charge in [-0.3, -0.25) is 9.97 Å². The molecular formula is C17H17N3. The summed E-state index contributed by atoms with van der Waals surface area (Å²) in [6, 6.07) is 14.4. The summed E-state index contributed by atoms with van der Waals surface area (Å²) in [5, 5.41) is 1.14. The third-order valence-electron chi connectivity index (χ3n) is 3.52. The van der Waals surface area contributed by atoms with Gasteiger partial charge in [-0.15, -0.1) is 0 Å². The molecule has 100 valence electrons. The van der Waals surface area contributed by atoms with Crippen LogP contribution in [-0.4, -0.2) is 9.97 Å². The highest BCUT2D eigenvalue weighted by Crippen LogP contribution is 2.21. The summed E-state index contributed by atoms with van der Waals surface area (Å²) in [6.07, 6.45) is 7.36. The van der Waals surface area contributed by atoms with Crippen LogP contribution in [0.1, 0.15) is 23.6 Å². The molecule has 0 aliphatic rings. The number of aromatic nitrogens is 2. The van der Waals surface area contributed by atoms with Crippen LogP contribution in [0.15, 0.2) is 61.1 Å². The molecule has 2 aromatic heterocycles. The second-order valence-electron chi connectivity index (χ2n) is 4.96. The van der Waals surface area contributed by atoms with Gasteiger partial charge in [0.2, 0.25) is 0 Å². The fourth-order valence-electron chi connectivity index (χ4n) is 2.36. The van der Waals surface area contributed by atoms with Gasteiger partial charge < -0.3 is 5.73 Å². The largest absolute Gasteiger partial charge is 0.324 e. The van der Waals surface area contributed by atoms with E-state index >= 15 is 0 Å². The van der Waals surface area contributed by atoms with E-state index in [1.807, 2.05) is 30.6 Å². The van der Waals surface area contributed by atoms with E-state index in [1.165, 1.54) is 5.56 Å². The number of nitrogens with zero attached hydrogens (tertiary/aromatic N) is 2. The van der Waals surface area contributed by atoms with Gasteiger partial charge >= 0.3 is 0 Å². The second kappa shape index (κ2) is 5.80. The van der Waals surface area contributed by atoms with Gasteiger partial charge in [-0.05, 0) is 48.2 Å². The van der Waals surface area contributed by atoms with Crippen LogP contribution in [0.25, 0.3) is 10.9 Å². The van der Waals surface area contributed by atoms with Crippen LogP contribution in [0.5, 0.6) is 0 Å². The van der Waals surface area contributed by atoms with E-state index in [2.05, 4.69) is 34.2 Å².